The lowest BCUT2D eigenvalue weighted by atomic mass is 10.0. The molecule has 0 aliphatic rings. The minimum absolute atomic E-state index is 0.139. The quantitative estimate of drug-likeness (QED) is 0.404. The molecule has 172 valence electrons. The van der Waals surface area contributed by atoms with E-state index in [1.54, 1.807) is 50.6 Å². The van der Waals surface area contributed by atoms with Gasteiger partial charge in [0.25, 0.3) is 5.91 Å². The summed E-state index contributed by atoms with van der Waals surface area (Å²) in [4.78, 5) is 29.5. The molecule has 0 aliphatic heterocycles. The molecular formula is C27H25N3O4. The predicted molar refractivity (Wildman–Crippen MR) is 134 cm³/mol. The Morgan fingerprint density at radius 1 is 0.853 bits per heavy atom. The molecular weight excluding hydrogens is 430 g/mol. The van der Waals surface area contributed by atoms with Crippen molar-refractivity contribution in [1.29, 1.82) is 0 Å². The number of aromatic nitrogens is 1. The molecule has 0 saturated heterocycles. The maximum Gasteiger partial charge on any atom is 0.256 e. The second-order valence-electron chi connectivity index (χ2n) is 7.85. The summed E-state index contributed by atoms with van der Waals surface area (Å²) in [6, 6.07) is 20.2. The highest BCUT2D eigenvalue weighted by Crippen LogP contribution is 2.31. The third kappa shape index (κ3) is 4.83. The Morgan fingerprint density at radius 3 is 2.29 bits per heavy atom. The molecule has 0 atom stereocenters. The molecule has 0 spiro atoms. The van der Waals surface area contributed by atoms with Gasteiger partial charge >= 0.3 is 0 Å². The topological polar surface area (TPSA) is 89.6 Å². The Kier molecular flexibility index (Phi) is 6.45. The number of hydrogen-bond donors (Lipinski definition) is 2. The number of benzene rings is 3. The lowest BCUT2D eigenvalue weighted by Gasteiger charge is -2.14. The van der Waals surface area contributed by atoms with E-state index in [9.17, 15) is 9.59 Å². The molecule has 3 aromatic carbocycles. The zero-order valence-electron chi connectivity index (χ0n) is 19.4. The van der Waals surface area contributed by atoms with Gasteiger partial charge in [0.2, 0.25) is 5.91 Å². The largest absolute Gasteiger partial charge is 0.497 e. The van der Waals surface area contributed by atoms with Gasteiger partial charge in [-0.1, -0.05) is 23.8 Å². The van der Waals surface area contributed by atoms with E-state index >= 15 is 0 Å². The van der Waals surface area contributed by atoms with Gasteiger partial charge in [0.1, 0.15) is 11.5 Å². The van der Waals surface area contributed by atoms with Gasteiger partial charge in [-0.15, -0.1) is 0 Å². The zero-order chi connectivity index (χ0) is 24.2. The van der Waals surface area contributed by atoms with Crippen LogP contribution in [0.15, 0.2) is 66.7 Å². The summed E-state index contributed by atoms with van der Waals surface area (Å²) in [5.74, 6) is 0.707. The molecule has 4 aromatic rings. The Hall–Kier alpha value is -4.39. The van der Waals surface area contributed by atoms with Crippen molar-refractivity contribution in [2.45, 2.75) is 13.8 Å². The number of hydrogen-bond acceptors (Lipinski definition) is 5. The van der Waals surface area contributed by atoms with Crippen LogP contribution in [-0.2, 0) is 4.79 Å². The first-order chi connectivity index (χ1) is 16.4. The van der Waals surface area contributed by atoms with Gasteiger partial charge in [-0.3, -0.25) is 9.59 Å². The van der Waals surface area contributed by atoms with E-state index in [1.807, 2.05) is 37.3 Å². The van der Waals surface area contributed by atoms with Crippen LogP contribution < -0.4 is 20.1 Å². The van der Waals surface area contributed by atoms with Crippen molar-refractivity contribution in [3.63, 3.8) is 0 Å². The molecule has 7 heteroatoms. The molecule has 2 amide bonds. The number of nitrogens with one attached hydrogen (secondary N) is 2. The molecule has 0 bridgehead atoms. The third-order valence-corrected chi connectivity index (χ3v) is 5.37. The van der Waals surface area contributed by atoms with Crippen LogP contribution in [0.1, 0.15) is 22.8 Å². The fraction of sp³-hybridized carbons (Fsp3) is 0.148. The number of methoxy groups -OCH3 is 2. The van der Waals surface area contributed by atoms with Gasteiger partial charge < -0.3 is 20.1 Å². The molecule has 1 aromatic heterocycles. The average Bonchev–Trinajstić information content (AvgIpc) is 2.83. The highest BCUT2D eigenvalue weighted by Gasteiger charge is 2.17. The standard InChI is InChI=1S/C27H25N3O4/c1-16-5-11-23-21(13-16)22(27(32)30-24-12-10-20(33-3)14-26(24)34-4)15-25(29-23)18-6-8-19(9-7-18)28-17(2)31/h5-15H,1-4H3,(H,28,31)(H,30,32). The highest BCUT2D eigenvalue weighted by molar-refractivity contribution is 6.13. The molecule has 1 heterocycles. The number of carbonyl (C=O) groups excluding carboxylic acids is 2. The van der Waals surface area contributed by atoms with Gasteiger partial charge in [0.05, 0.1) is 36.7 Å². The van der Waals surface area contributed by atoms with Gasteiger partial charge in [-0.05, 0) is 49.4 Å². The molecule has 0 unspecified atom stereocenters. The van der Waals surface area contributed by atoms with Gasteiger partial charge in [-0.2, -0.15) is 0 Å². The van der Waals surface area contributed by atoms with Gasteiger partial charge in [-0.25, -0.2) is 4.98 Å². The second-order valence-corrected chi connectivity index (χ2v) is 7.85. The monoisotopic (exact) mass is 455 g/mol. The van der Waals surface area contributed by atoms with Crippen molar-refractivity contribution in [1.82, 2.24) is 4.98 Å². The molecule has 0 radical (unpaired) electrons. The fourth-order valence-electron chi connectivity index (χ4n) is 3.69. The van der Waals surface area contributed by atoms with E-state index in [0.717, 1.165) is 16.5 Å². The first-order valence-electron chi connectivity index (χ1n) is 10.7. The van der Waals surface area contributed by atoms with Crippen LogP contribution in [0.3, 0.4) is 0 Å². The van der Waals surface area contributed by atoms with Crippen molar-refractivity contribution < 1.29 is 19.1 Å². The first-order valence-corrected chi connectivity index (χ1v) is 10.7. The normalized spacial score (nSPS) is 10.6. The molecule has 0 aliphatic carbocycles. The third-order valence-electron chi connectivity index (χ3n) is 5.37. The number of carbonyl (C=O) groups is 2. The van der Waals surface area contributed by atoms with Crippen LogP contribution in [0.5, 0.6) is 11.5 Å². The van der Waals surface area contributed by atoms with Crippen LogP contribution >= 0.6 is 0 Å². The van der Waals surface area contributed by atoms with Gasteiger partial charge in [0.15, 0.2) is 0 Å². The van der Waals surface area contributed by atoms with Crippen LogP contribution in [0.4, 0.5) is 11.4 Å². The summed E-state index contributed by atoms with van der Waals surface area (Å²) < 4.78 is 10.7. The molecule has 2 N–H and O–H groups in total. The van der Waals surface area contributed by atoms with Gasteiger partial charge in [0, 0.05) is 29.6 Å². The molecule has 34 heavy (non-hydrogen) atoms. The number of nitrogens with zero attached hydrogens (tertiary/aromatic N) is 1. The Morgan fingerprint density at radius 2 is 1.62 bits per heavy atom. The molecule has 4 rings (SSSR count). The number of aryl methyl sites for hydroxylation is 1. The lowest BCUT2D eigenvalue weighted by molar-refractivity contribution is -0.114. The van der Waals surface area contributed by atoms with E-state index in [2.05, 4.69) is 10.6 Å². The van der Waals surface area contributed by atoms with Crippen molar-refractivity contribution in [3.05, 3.63) is 77.9 Å². The summed E-state index contributed by atoms with van der Waals surface area (Å²) >= 11 is 0. The highest BCUT2D eigenvalue weighted by atomic mass is 16.5. The van der Waals surface area contributed by atoms with Crippen molar-refractivity contribution in [2.75, 3.05) is 24.9 Å². The summed E-state index contributed by atoms with van der Waals surface area (Å²) in [7, 11) is 3.11. The summed E-state index contributed by atoms with van der Waals surface area (Å²) in [6.07, 6.45) is 0. The molecule has 0 saturated carbocycles. The molecule has 0 fully saturated rings. The summed E-state index contributed by atoms with van der Waals surface area (Å²) in [5, 5.41) is 6.46. The SMILES string of the molecule is COc1ccc(NC(=O)c2cc(-c3ccc(NC(C)=O)cc3)nc3ccc(C)cc23)c(OC)c1. The van der Waals surface area contributed by atoms with Crippen molar-refractivity contribution in [2.24, 2.45) is 0 Å². The molecule has 7 nitrogen and oxygen atoms in total. The Bertz CT molecular complexity index is 1380. The Balaban J connectivity index is 1.76. The maximum absolute atomic E-state index is 13.4. The zero-order valence-corrected chi connectivity index (χ0v) is 19.4. The summed E-state index contributed by atoms with van der Waals surface area (Å²) in [5.41, 5.74) is 4.93. The van der Waals surface area contributed by atoms with E-state index in [4.69, 9.17) is 14.5 Å². The van der Waals surface area contributed by atoms with Crippen molar-refractivity contribution >= 4 is 34.1 Å². The second kappa shape index (κ2) is 9.62. The number of rotatable bonds is 6. The lowest BCUT2D eigenvalue weighted by Crippen LogP contribution is -2.14. The smallest absolute Gasteiger partial charge is 0.256 e. The van der Waals surface area contributed by atoms with E-state index < -0.39 is 0 Å². The van der Waals surface area contributed by atoms with Crippen LogP contribution in [0, 0.1) is 6.92 Å². The average molecular weight is 456 g/mol. The maximum atomic E-state index is 13.4. The number of anilines is 2. The Labute approximate surface area is 197 Å². The van der Waals surface area contributed by atoms with Crippen LogP contribution in [0.25, 0.3) is 22.2 Å². The van der Waals surface area contributed by atoms with Crippen LogP contribution in [0.2, 0.25) is 0 Å². The number of ether oxygens (including phenoxy) is 2. The minimum Gasteiger partial charge on any atom is -0.497 e. The van der Waals surface area contributed by atoms with E-state index in [0.29, 0.717) is 39.6 Å². The van der Waals surface area contributed by atoms with Crippen LogP contribution in [-0.4, -0.2) is 31.0 Å². The van der Waals surface area contributed by atoms with E-state index in [-0.39, 0.29) is 11.8 Å². The number of fused-ring (bicyclic) bond motifs is 1. The minimum atomic E-state index is -0.280. The first kappa shape index (κ1) is 22.8. The fourth-order valence-corrected chi connectivity index (χ4v) is 3.69. The van der Waals surface area contributed by atoms with Crippen molar-refractivity contribution in [3.8, 4) is 22.8 Å². The van der Waals surface area contributed by atoms with E-state index in [1.165, 1.54) is 6.92 Å². The predicted octanol–water partition coefficient (Wildman–Crippen LogP) is 5.44. The summed E-state index contributed by atoms with van der Waals surface area (Å²) in [6.45, 7) is 3.44. The number of pyridine rings is 1. The number of amides is 2.